The highest BCUT2D eigenvalue weighted by atomic mass is 19.1. The molecule has 2 aromatic carbocycles. The number of aliphatic imine (C=N–C) groups is 1. The summed E-state index contributed by atoms with van der Waals surface area (Å²) in [5.74, 6) is 0.265. The fourth-order valence-electron chi connectivity index (χ4n) is 3.36. The normalized spacial score (nSPS) is 16.9. The first-order valence-corrected chi connectivity index (χ1v) is 9.05. The summed E-state index contributed by atoms with van der Waals surface area (Å²) in [7, 11) is 0. The molecule has 1 aliphatic rings. The molecule has 0 amide bonds. The second-order valence-electron chi connectivity index (χ2n) is 7.24. The Bertz CT molecular complexity index is 913. The van der Waals surface area contributed by atoms with Crippen LogP contribution in [0.25, 0.3) is 5.70 Å². The van der Waals surface area contributed by atoms with Gasteiger partial charge in [-0.05, 0) is 42.5 Å². The number of Topliss-reactive ketones (excluding diaryl/α,β-unsaturated/α-hetero) is 1. The number of hydrogen-bond donors (Lipinski definition) is 2. The second kappa shape index (κ2) is 7.74. The third-order valence-electron chi connectivity index (χ3n) is 4.50. The Morgan fingerprint density at radius 1 is 1.22 bits per heavy atom. The number of halogens is 1. The van der Waals surface area contributed by atoms with E-state index in [2.05, 4.69) is 36.3 Å². The molecule has 0 fully saturated rings. The van der Waals surface area contributed by atoms with Gasteiger partial charge in [0.05, 0.1) is 5.70 Å². The first kappa shape index (κ1) is 18.8. The minimum atomic E-state index is -0.518. The number of ketones is 1. The average Bonchev–Trinajstić information content (AvgIpc) is 2.61. The highest BCUT2D eigenvalue weighted by Gasteiger charge is 2.29. The summed E-state index contributed by atoms with van der Waals surface area (Å²) in [6.45, 7) is 5.84. The molecular weight excluding hydrogens is 341 g/mol. The lowest BCUT2D eigenvalue weighted by Gasteiger charge is -2.26. The van der Waals surface area contributed by atoms with Crippen molar-refractivity contribution < 1.29 is 9.18 Å². The number of rotatable bonds is 5. The molecule has 4 nitrogen and oxygen atoms in total. The summed E-state index contributed by atoms with van der Waals surface area (Å²) < 4.78 is 13.7. The van der Waals surface area contributed by atoms with Gasteiger partial charge in [0.25, 0.3) is 0 Å². The minimum absolute atomic E-state index is 0.130. The Kier molecular flexibility index (Phi) is 5.40. The lowest BCUT2D eigenvalue weighted by Crippen LogP contribution is -2.36. The van der Waals surface area contributed by atoms with Gasteiger partial charge in [0.2, 0.25) is 0 Å². The molecule has 0 aromatic heterocycles. The number of nitrogens with one attached hydrogen (secondary N) is 1. The maximum absolute atomic E-state index is 13.7. The van der Waals surface area contributed by atoms with Gasteiger partial charge in [-0.1, -0.05) is 50.2 Å². The van der Waals surface area contributed by atoms with Crippen molar-refractivity contribution in [1.29, 1.82) is 0 Å². The summed E-state index contributed by atoms with van der Waals surface area (Å²) in [5.41, 5.74) is 9.65. The number of nitrogens with zero attached hydrogens (tertiary/aromatic N) is 1. The zero-order chi connectivity index (χ0) is 19.6. The monoisotopic (exact) mass is 365 g/mol. The van der Waals surface area contributed by atoms with E-state index in [0.29, 0.717) is 22.8 Å². The van der Waals surface area contributed by atoms with E-state index in [4.69, 9.17) is 5.73 Å². The number of carbonyl (C=O) groups is 1. The van der Waals surface area contributed by atoms with Gasteiger partial charge < -0.3 is 11.1 Å². The zero-order valence-electron chi connectivity index (χ0n) is 15.8. The van der Waals surface area contributed by atoms with Gasteiger partial charge in [0, 0.05) is 11.1 Å². The molecule has 3 rings (SSSR count). The van der Waals surface area contributed by atoms with E-state index in [0.717, 1.165) is 12.0 Å². The highest BCUT2D eigenvalue weighted by molar-refractivity contribution is 6.06. The Balaban J connectivity index is 2.07. The van der Waals surface area contributed by atoms with E-state index in [1.807, 2.05) is 12.1 Å². The van der Waals surface area contributed by atoms with Crippen molar-refractivity contribution in [2.45, 2.75) is 33.2 Å². The molecule has 3 N–H and O–H groups in total. The van der Waals surface area contributed by atoms with Crippen LogP contribution in [0.15, 0.2) is 59.1 Å². The van der Waals surface area contributed by atoms with E-state index in [1.54, 1.807) is 12.1 Å². The topological polar surface area (TPSA) is 67.5 Å². The fraction of sp³-hybridized carbons (Fsp3) is 0.273. The average molecular weight is 365 g/mol. The summed E-state index contributed by atoms with van der Waals surface area (Å²) in [4.78, 5) is 16.9. The molecule has 1 atom stereocenters. The van der Waals surface area contributed by atoms with Crippen molar-refractivity contribution >= 4 is 17.4 Å². The van der Waals surface area contributed by atoms with Crippen molar-refractivity contribution in [1.82, 2.24) is 5.32 Å². The Morgan fingerprint density at radius 3 is 2.52 bits per heavy atom. The molecular formula is C22H24FN3O. The Morgan fingerprint density at radius 2 is 1.93 bits per heavy atom. The van der Waals surface area contributed by atoms with Crippen molar-refractivity contribution in [3.05, 3.63) is 76.6 Å². The van der Waals surface area contributed by atoms with Gasteiger partial charge in [-0.25, -0.2) is 9.38 Å². The van der Waals surface area contributed by atoms with Gasteiger partial charge in [-0.15, -0.1) is 0 Å². The van der Waals surface area contributed by atoms with Gasteiger partial charge in [0.1, 0.15) is 11.9 Å². The zero-order valence-corrected chi connectivity index (χ0v) is 15.8. The Labute approximate surface area is 159 Å². The number of hydrogen-bond acceptors (Lipinski definition) is 4. The summed E-state index contributed by atoms with van der Waals surface area (Å²) in [6.07, 6.45) is 0.988. The van der Waals surface area contributed by atoms with E-state index in [1.165, 1.54) is 24.6 Å². The third kappa shape index (κ3) is 4.25. The van der Waals surface area contributed by atoms with Gasteiger partial charge in [-0.2, -0.15) is 0 Å². The highest BCUT2D eigenvalue weighted by Crippen LogP contribution is 2.34. The van der Waals surface area contributed by atoms with Crippen molar-refractivity contribution in [3.8, 4) is 0 Å². The molecule has 140 valence electrons. The predicted molar refractivity (Wildman–Crippen MR) is 106 cm³/mol. The lowest BCUT2D eigenvalue weighted by molar-refractivity contribution is -0.113. The quantitative estimate of drug-likeness (QED) is 0.842. The first-order chi connectivity index (χ1) is 12.8. The molecule has 2 aromatic rings. The van der Waals surface area contributed by atoms with Crippen LogP contribution >= 0.6 is 0 Å². The van der Waals surface area contributed by atoms with Crippen LogP contribution < -0.4 is 11.1 Å². The van der Waals surface area contributed by atoms with Crippen LogP contribution in [0.3, 0.4) is 0 Å². The molecule has 0 radical (unpaired) electrons. The molecule has 0 saturated heterocycles. The Hall–Kier alpha value is -2.95. The standard InChI is InChI=1S/C22H24FN3O/c1-13(2)11-15-7-9-16(10-8-15)20-19(14(3)27)21(26-22(24)25-20)17-5-4-6-18(23)12-17/h4-10,12-13,20H,11H2,1-3H3,(H3,24,25,26). The third-order valence-corrected chi connectivity index (χ3v) is 4.50. The minimum Gasteiger partial charge on any atom is -0.370 e. The van der Waals surface area contributed by atoms with E-state index < -0.39 is 6.04 Å². The molecule has 1 aliphatic heterocycles. The van der Waals surface area contributed by atoms with Crippen LogP contribution in [0.2, 0.25) is 0 Å². The van der Waals surface area contributed by atoms with Gasteiger partial charge in [0.15, 0.2) is 11.7 Å². The number of benzene rings is 2. The van der Waals surface area contributed by atoms with Crippen LogP contribution in [-0.4, -0.2) is 11.7 Å². The number of guanidine groups is 1. The lowest BCUT2D eigenvalue weighted by atomic mass is 9.90. The van der Waals surface area contributed by atoms with Crippen molar-refractivity contribution in [2.24, 2.45) is 16.6 Å². The SMILES string of the molecule is CC(=O)C1=C(c2cccc(F)c2)NC(N)=NC1c1ccc(CC(C)C)cc1. The number of nitrogens with two attached hydrogens (primary N) is 1. The van der Waals surface area contributed by atoms with Crippen LogP contribution in [0.5, 0.6) is 0 Å². The molecule has 0 saturated carbocycles. The maximum atomic E-state index is 13.7. The van der Waals surface area contributed by atoms with Gasteiger partial charge >= 0.3 is 0 Å². The summed E-state index contributed by atoms with van der Waals surface area (Å²) >= 11 is 0. The molecule has 27 heavy (non-hydrogen) atoms. The summed E-state index contributed by atoms with van der Waals surface area (Å²) in [6, 6.07) is 13.7. The maximum Gasteiger partial charge on any atom is 0.194 e. The van der Waals surface area contributed by atoms with Crippen LogP contribution in [0, 0.1) is 11.7 Å². The van der Waals surface area contributed by atoms with Crippen LogP contribution in [-0.2, 0) is 11.2 Å². The van der Waals surface area contributed by atoms with E-state index in [-0.39, 0.29) is 17.6 Å². The molecule has 0 spiro atoms. The number of carbonyl (C=O) groups excluding carboxylic acids is 1. The van der Waals surface area contributed by atoms with E-state index in [9.17, 15) is 9.18 Å². The van der Waals surface area contributed by atoms with Crippen LogP contribution in [0.1, 0.15) is 43.5 Å². The molecule has 5 heteroatoms. The molecule has 1 unspecified atom stereocenters. The van der Waals surface area contributed by atoms with Crippen LogP contribution in [0.4, 0.5) is 4.39 Å². The molecule has 0 bridgehead atoms. The first-order valence-electron chi connectivity index (χ1n) is 9.05. The van der Waals surface area contributed by atoms with Crippen molar-refractivity contribution in [3.63, 3.8) is 0 Å². The second-order valence-corrected chi connectivity index (χ2v) is 7.24. The summed E-state index contributed by atoms with van der Waals surface area (Å²) in [5, 5.41) is 2.95. The predicted octanol–water partition coefficient (Wildman–Crippen LogP) is 3.98. The molecule has 1 heterocycles. The largest absolute Gasteiger partial charge is 0.370 e. The van der Waals surface area contributed by atoms with Gasteiger partial charge in [-0.3, -0.25) is 4.79 Å². The fourth-order valence-corrected chi connectivity index (χ4v) is 3.36. The smallest absolute Gasteiger partial charge is 0.194 e. The molecule has 0 aliphatic carbocycles. The van der Waals surface area contributed by atoms with E-state index >= 15 is 0 Å². The van der Waals surface area contributed by atoms with Crippen molar-refractivity contribution in [2.75, 3.05) is 0 Å².